The zero-order valence-electron chi connectivity index (χ0n) is 7.01. The Balaban J connectivity index is 2.26. The lowest BCUT2D eigenvalue weighted by Crippen LogP contribution is -2.22. The summed E-state index contributed by atoms with van der Waals surface area (Å²) in [5.41, 5.74) is 0.406. The molecule has 3 amide bonds. The van der Waals surface area contributed by atoms with E-state index in [0.29, 0.717) is 5.70 Å². The van der Waals surface area contributed by atoms with Crippen LogP contribution in [0.2, 0.25) is 0 Å². The Labute approximate surface area is 79.4 Å². The molecule has 0 aromatic rings. The molecule has 2 aliphatic rings. The molecule has 0 unspecified atom stereocenters. The number of imide groups is 1. The topological polar surface area (TPSA) is 58.2 Å². The van der Waals surface area contributed by atoms with E-state index in [4.69, 9.17) is 0 Å². The lowest BCUT2D eigenvalue weighted by atomic mass is 10.3. The third-order valence-electron chi connectivity index (χ3n) is 1.83. The molecule has 2 N–H and O–H groups in total. The van der Waals surface area contributed by atoms with Gasteiger partial charge in [0.25, 0.3) is 5.91 Å². The van der Waals surface area contributed by atoms with Gasteiger partial charge in [0.05, 0.1) is 0 Å². The fraction of sp³-hybridized carbons (Fsp3) is 0.250. The van der Waals surface area contributed by atoms with Crippen molar-refractivity contribution in [2.75, 3.05) is 0 Å². The molecule has 2 aliphatic heterocycles. The maximum Gasteiger partial charge on any atom is 0.326 e. The summed E-state index contributed by atoms with van der Waals surface area (Å²) in [5, 5.41) is 4.67. The highest BCUT2D eigenvalue weighted by molar-refractivity contribution is 8.07. The highest BCUT2D eigenvalue weighted by Crippen LogP contribution is 2.37. The molecule has 0 aliphatic carbocycles. The van der Waals surface area contributed by atoms with Gasteiger partial charge in [-0.15, -0.1) is 0 Å². The molecule has 68 valence electrons. The van der Waals surface area contributed by atoms with E-state index < -0.39 is 6.03 Å². The summed E-state index contributed by atoms with van der Waals surface area (Å²) in [7, 11) is 0. The first kappa shape index (κ1) is 8.37. The Kier molecular flexibility index (Phi) is 1.88. The first-order valence-electron chi connectivity index (χ1n) is 3.87. The minimum absolute atomic E-state index is 0.324. The van der Waals surface area contributed by atoms with E-state index in [9.17, 15) is 9.59 Å². The second-order valence-corrected chi connectivity index (χ2v) is 4.17. The van der Waals surface area contributed by atoms with Gasteiger partial charge in [-0.3, -0.25) is 10.1 Å². The first-order chi connectivity index (χ1) is 6.16. The number of rotatable bonds is 0. The Morgan fingerprint density at radius 3 is 2.62 bits per heavy atom. The number of hydrogen-bond donors (Lipinski definition) is 2. The van der Waals surface area contributed by atoms with Gasteiger partial charge >= 0.3 is 6.03 Å². The average molecular weight is 196 g/mol. The normalized spacial score (nSPS) is 27.3. The van der Waals surface area contributed by atoms with Crippen LogP contribution in [0.25, 0.3) is 0 Å². The third kappa shape index (κ3) is 1.47. The number of urea groups is 1. The minimum atomic E-state index is -0.433. The number of nitrogens with one attached hydrogen (secondary N) is 2. The predicted molar refractivity (Wildman–Crippen MR) is 49.7 cm³/mol. The maximum absolute atomic E-state index is 11.2. The van der Waals surface area contributed by atoms with E-state index in [-0.39, 0.29) is 5.91 Å². The van der Waals surface area contributed by atoms with Crippen LogP contribution < -0.4 is 10.6 Å². The highest BCUT2D eigenvalue weighted by atomic mass is 32.2. The molecular formula is C8H8N2O2S. The fourth-order valence-electron chi connectivity index (χ4n) is 1.23. The first-order valence-corrected chi connectivity index (χ1v) is 4.68. The Morgan fingerprint density at radius 2 is 2.15 bits per heavy atom. The minimum Gasteiger partial charge on any atom is -0.302 e. The second-order valence-electron chi connectivity index (χ2n) is 2.83. The van der Waals surface area contributed by atoms with Crippen molar-refractivity contribution in [2.45, 2.75) is 13.3 Å². The Hall–Kier alpha value is -1.23. The van der Waals surface area contributed by atoms with Gasteiger partial charge in [0, 0.05) is 11.3 Å². The molecule has 2 rings (SSSR count). The van der Waals surface area contributed by atoms with Gasteiger partial charge in [0.2, 0.25) is 0 Å². The molecule has 0 saturated carbocycles. The number of hydrogen-bond acceptors (Lipinski definition) is 3. The second kappa shape index (κ2) is 2.92. The van der Waals surface area contributed by atoms with Crippen LogP contribution in [0.15, 0.2) is 21.6 Å². The van der Waals surface area contributed by atoms with E-state index in [0.717, 1.165) is 16.2 Å². The quantitative estimate of drug-likeness (QED) is 0.450. The SMILES string of the molecule is CC1=CC/C(=C2/NC(=O)NC2=O)S1. The Morgan fingerprint density at radius 1 is 1.38 bits per heavy atom. The van der Waals surface area contributed by atoms with E-state index >= 15 is 0 Å². The third-order valence-corrected chi connectivity index (χ3v) is 2.94. The molecular weight excluding hydrogens is 188 g/mol. The van der Waals surface area contributed by atoms with Crippen LogP contribution >= 0.6 is 11.8 Å². The summed E-state index contributed by atoms with van der Waals surface area (Å²) in [5.74, 6) is -0.324. The lowest BCUT2D eigenvalue weighted by molar-refractivity contribution is -0.115. The molecule has 0 spiro atoms. The number of carbonyl (C=O) groups excluding carboxylic acids is 2. The van der Waals surface area contributed by atoms with Gasteiger partial charge in [-0.25, -0.2) is 4.79 Å². The van der Waals surface area contributed by atoms with E-state index in [1.807, 2.05) is 13.0 Å². The van der Waals surface area contributed by atoms with Crippen LogP contribution in [-0.4, -0.2) is 11.9 Å². The van der Waals surface area contributed by atoms with Crippen molar-refractivity contribution in [2.24, 2.45) is 0 Å². The van der Waals surface area contributed by atoms with Crippen molar-refractivity contribution in [3.63, 3.8) is 0 Å². The van der Waals surface area contributed by atoms with Gasteiger partial charge < -0.3 is 5.32 Å². The van der Waals surface area contributed by atoms with Gasteiger partial charge in [-0.1, -0.05) is 17.8 Å². The molecule has 13 heavy (non-hydrogen) atoms. The van der Waals surface area contributed by atoms with Crippen LogP contribution in [0.1, 0.15) is 13.3 Å². The standard InChI is InChI=1S/C8H8N2O2S/c1-4-2-3-5(13-4)6-7(11)10-8(12)9-6/h2H,3H2,1H3,(H2,9,10,11,12)/b6-5-. The van der Waals surface area contributed by atoms with Crippen molar-refractivity contribution >= 4 is 23.7 Å². The summed E-state index contributed by atoms with van der Waals surface area (Å²) in [6.45, 7) is 1.98. The van der Waals surface area contributed by atoms with Crippen LogP contribution in [0.4, 0.5) is 4.79 Å². The van der Waals surface area contributed by atoms with E-state index in [1.54, 1.807) is 0 Å². The molecule has 0 aromatic heterocycles. The number of amides is 3. The summed E-state index contributed by atoms with van der Waals surface area (Å²) in [4.78, 5) is 24.1. The lowest BCUT2D eigenvalue weighted by Gasteiger charge is -1.99. The molecule has 0 aromatic carbocycles. The van der Waals surface area contributed by atoms with Crippen molar-refractivity contribution < 1.29 is 9.59 Å². The monoisotopic (exact) mass is 196 g/mol. The molecule has 0 radical (unpaired) electrons. The summed E-state index contributed by atoms with van der Waals surface area (Å²) >= 11 is 1.53. The maximum atomic E-state index is 11.2. The number of allylic oxidation sites excluding steroid dienone is 3. The van der Waals surface area contributed by atoms with Crippen LogP contribution in [-0.2, 0) is 4.79 Å². The fourth-order valence-corrected chi connectivity index (χ4v) is 2.20. The van der Waals surface area contributed by atoms with Gasteiger partial charge in [-0.05, 0) is 11.8 Å². The zero-order valence-corrected chi connectivity index (χ0v) is 7.83. The van der Waals surface area contributed by atoms with E-state index in [2.05, 4.69) is 10.6 Å². The molecule has 2 heterocycles. The van der Waals surface area contributed by atoms with Crippen molar-refractivity contribution in [3.05, 3.63) is 21.6 Å². The summed E-state index contributed by atoms with van der Waals surface area (Å²) in [6, 6.07) is -0.433. The molecule has 1 saturated heterocycles. The Bertz CT molecular complexity index is 357. The van der Waals surface area contributed by atoms with Gasteiger partial charge in [0.15, 0.2) is 0 Å². The van der Waals surface area contributed by atoms with E-state index in [1.165, 1.54) is 11.8 Å². The summed E-state index contributed by atoms with van der Waals surface area (Å²) < 4.78 is 0. The van der Waals surface area contributed by atoms with Crippen LogP contribution in [0.5, 0.6) is 0 Å². The van der Waals surface area contributed by atoms with Gasteiger partial charge in [-0.2, -0.15) is 0 Å². The largest absolute Gasteiger partial charge is 0.326 e. The molecule has 1 fully saturated rings. The zero-order chi connectivity index (χ0) is 9.42. The van der Waals surface area contributed by atoms with Gasteiger partial charge in [0.1, 0.15) is 5.70 Å². The predicted octanol–water partition coefficient (Wildman–Crippen LogP) is 1.08. The molecule has 4 nitrogen and oxygen atoms in total. The van der Waals surface area contributed by atoms with Crippen LogP contribution in [0.3, 0.4) is 0 Å². The number of carbonyl (C=O) groups is 2. The average Bonchev–Trinajstić information content (AvgIpc) is 2.58. The smallest absolute Gasteiger partial charge is 0.302 e. The highest BCUT2D eigenvalue weighted by Gasteiger charge is 2.27. The molecule has 0 bridgehead atoms. The van der Waals surface area contributed by atoms with Crippen molar-refractivity contribution in [3.8, 4) is 0 Å². The van der Waals surface area contributed by atoms with Crippen LogP contribution in [0, 0.1) is 0 Å². The van der Waals surface area contributed by atoms with Crippen molar-refractivity contribution in [1.29, 1.82) is 0 Å². The number of thioether (sulfide) groups is 1. The van der Waals surface area contributed by atoms with Crippen molar-refractivity contribution in [1.82, 2.24) is 10.6 Å². The molecule has 5 heteroatoms. The molecule has 0 atom stereocenters. The summed E-state index contributed by atoms with van der Waals surface area (Å²) in [6.07, 6.45) is 2.77.